The Balaban J connectivity index is 1.64. The van der Waals surface area contributed by atoms with Gasteiger partial charge < -0.3 is 10.2 Å². The van der Waals surface area contributed by atoms with E-state index in [9.17, 15) is 4.79 Å². The first kappa shape index (κ1) is 26.8. The molecule has 2 saturated heterocycles. The number of hydrogen-bond acceptors (Lipinski definition) is 4. The average molecular weight is 601 g/mol. The van der Waals surface area contributed by atoms with Gasteiger partial charge in [-0.05, 0) is 61.6 Å². The fraction of sp³-hybridized carbons (Fsp3) is 0.267. The third-order valence-corrected chi connectivity index (χ3v) is 9.57. The Morgan fingerprint density at radius 3 is 2.33 bits per heavy atom. The summed E-state index contributed by atoms with van der Waals surface area (Å²) in [6, 6.07) is 18.2. The molecule has 3 aromatic rings. The van der Waals surface area contributed by atoms with Crippen molar-refractivity contribution in [1.82, 2.24) is 9.80 Å². The number of piperidine rings is 1. The smallest absolute Gasteiger partial charge is 0.250 e. The topological polar surface area (TPSA) is 52.7 Å². The molecule has 5 nitrogen and oxygen atoms in total. The number of nitrogens with zero attached hydrogens (tertiary/aromatic N) is 2. The van der Waals surface area contributed by atoms with Gasteiger partial charge in [-0.1, -0.05) is 76.7 Å². The number of likely N-dealkylation sites (N-methyl/N-ethyl adjacent to an activating group) is 2. The SMILES string of the molecule is CN1C/C(=C\c2ccc(Cl)cc2Cl)C(=O)[C@]2(C1)[C@@H](c1ccc(Cl)cc1Cl)CN(C)[C@@]21C(=O)Nc2ccccc21. The summed E-state index contributed by atoms with van der Waals surface area (Å²) in [7, 11) is 3.88. The van der Waals surface area contributed by atoms with Crippen molar-refractivity contribution in [2.45, 2.75) is 11.5 Å². The molecule has 3 aromatic carbocycles. The second-order valence-electron chi connectivity index (χ2n) is 10.6. The molecule has 2 spiro atoms. The number of para-hydroxylation sites is 1. The number of hydrogen-bond donors (Lipinski definition) is 1. The van der Waals surface area contributed by atoms with Crippen LogP contribution in [-0.4, -0.2) is 55.2 Å². The van der Waals surface area contributed by atoms with E-state index in [1.165, 1.54) is 0 Å². The largest absolute Gasteiger partial charge is 0.324 e. The summed E-state index contributed by atoms with van der Waals surface area (Å²) in [6.07, 6.45) is 1.82. The van der Waals surface area contributed by atoms with Crippen LogP contribution in [0, 0.1) is 5.41 Å². The summed E-state index contributed by atoms with van der Waals surface area (Å²) in [5, 5.41) is 5.02. The summed E-state index contributed by atoms with van der Waals surface area (Å²) in [5.41, 5.74) is 1.08. The van der Waals surface area contributed by atoms with Gasteiger partial charge >= 0.3 is 0 Å². The van der Waals surface area contributed by atoms with Crippen molar-refractivity contribution in [3.05, 3.63) is 103 Å². The molecular formula is C30H25Cl4N3O2. The Labute approximate surface area is 247 Å². The van der Waals surface area contributed by atoms with Crippen LogP contribution >= 0.6 is 46.4 Å². The van der Waals surface area contributed by atoms with Crippen LogP contribution in [-0.2, 0) is 15.1 Å². The highest BCUT2D eigenvalue weighted by atomic mass is 35.5. The Hall–Kier alpha value is -2.38. The normalized spacial score (nSPS) is 28.1. The van der Waals surface area contributed by atoms with E-state index in [-0.39, 0.29) is 11.7 Å². The number of likely N-dealkylation sites (tertiary alicyclic amines) is 2. The van der Waals surface area contributed by atoms with Crippen LogP contribution in [0.5, 0.6) is 0 Å². The van der Waals surface area contributed by atoms with E-state index in [0.717, 1.165) is 11.1 Å². The van der Waals surface area contributed by atoms with Gasteiger partial charge in [0.2, 0.25) is 0 Å². The van der Waals surface area contributed by atoms with Crippen LogP contribution in [0.3, 0.4) is 0 Å². The minimum Gasteiger partial charge on any atom is -0.324 e. The summed E-state index contributed by atoms with van der Waals surface area (Å²) < 4.78 is 0. The molecule has 0 bridgehead atoms. The molecular weight excluding hydrogens is 576 g/mol. The van der Waals surface area contributed by atoms with Gasteiger partial charge in [0.15, 0.2) is 5.78 Å². The molecule has 2 fully saturated rings. The van der Waals surface area contributed by atoms with Gasteiger partial charge in [-0.15, -0.1) is 0 Å². The fourth-order valence-corrected chi connectivity index (χ4v) is 8.04. The van der Waals surface area contributed by atoms with Crippen LogP contribution in [0.1, 0.15) is 22.6 Å². The number of halogens is 4. The third kappa shape index (κ3) is 3.82. The average Bonchev–Trinajstić information content (AvgIpc) is 3.32. The van der Waals surface area contributed by atoms with Crippen LogP contribution in [0.2, 0.25) is 20.1 Å². The van der Waals surface area contributed by atoms with E-state index in [1.54, 1.807) is 30.3 Å². The van der Waals surface area contributed by atoms with Crippen molar-refractivity contribution in [2.24, 2.45) is 5.41 Å². The molecule has 6 rings (SSSR count). The third-order valence-electron chi connectivity index (χ3n) is 8.45. The summed E-state index contributed by atoms with van der Waals surface area (Å²) in [5.74, 6) is -0.714. The molecule has 3 heterocycles. The highest BCUT2D eigenvalue weighted by molar-refractivity contribution is 6.36. The Morgan fingerprint density at radius 1 is 0.923 bits per heavy atom. The van der Waals surface area contributed by atoms with Crippen LogP contribution in [0.4, 0.5) is 5.69 Å². The van der Waals surface area contributed by atoms with Gasteiger partial charge in [0.05, 0.1) is 5.41 Å². The lowest BCUT2D eigenvalue weighted by molar-refractivity contribution is -0.146. The maximum absolute atomic E-state index is 15.1. The van der Waals surface area contributed by atoms with Gasteiger partial charge in [-0.2, -0.15) is 0 Å². The number of carbonyl (C=O) groups is 2. The lowest BCUT2D eigenvalue weighted by Crippen LogP contribution is -2.65. The van der Waals surface area contributed by atoms with Crippen molar-refractivity contribution >= 4 is 69.9 Å². The van der Waals surface area contributed by atoms with E-state index < -0.39 is 16.9 Å². The second kappa shape index (κ2) is 9.62. The standard InChI is InChI=1S/C30H25Cl4N3O2/c1-36-14-18(11-17-7-8-19(31)12-24(17)33)27(38)29(16-36)23(21-10-9-20(32)13-25(21)34)15-37(2)30(29)22-5-3-4-6-26(22)35-28(30)39/h3-13,23H,14-16H2,1-2H3,(H,35,39)/b18-11+/t23-,29+,30+/m1/s1. The molecule has 0 aromatic heterocycles. The first-order valence-corrected chi connectivity index (χ1v) is 14.1. The molecule has 39 heavy (non-hydrogen) atoms. The van der Waals surface area contributed by atoms with Gasteiger partial charge in [0.25, 0.3) is 5.91 Å². The lowest BCUT2D eigenvalue weighted by atomic mass is 9.56. The summed E-state index contributed by atoms with van der Waals surface area (Å²) in [6.45, 7) is 1.20. The Kier molecular flexibility index (Phi) is 6.62. The molecule has 0 radical (unpaired) electrons. The molecule has 9 heteroatoms. The maximum Gasteiger partial charge on any atom is 0.250 e. The predicted molar refractivity (Wildman–Crippen MR) is 158 cm³/mol. The number of benzene rings is 3. The number of Topliss-reactive ketones (excluding diaryl/α,β-unsaturated/α-hetero) is 1. The quantitative estimate of drug-likeness (QED) is 0.330. The second-order valence-corrected chi connectivity index (χ2v) is 12.3. The van der Waals surface area contributed by atoms with Crippen molar-refractivity contribution in [2.75, 3.05) is 39.0 Å². The maximum atomic E-state index is 15.1. The number of amides is 1. The number of rotatable bonds is 2. The zero-order chi connectivity index (χ0) is 27.7. The van der Waals surface area contributed by atoms with Crippen LogP contribution < -0.4 is 5.32 Å². The molecule has 0 unspecified atom stereocenters. The highest BCUT2D eigenvalue weighted by Crippen LogP contribution is 2.64. The van der Waals surface area contributed by atoms with E-state index in [1.807, 2.05) is 55.4 Å². The minimum absolute atomic E-state index is 0.0983. The molecule has 3 aliphatic heterocycles. The minimum atomic E-state index is -1.26. The predicted octanol–water partition coefficient (Wildman–Crippen LogP) is 6.76. The fourth-order valence-electron chi connectivity index (χ4n) is 7.04. The number of carbonyl (C=O) groups excluding carboxylic acids is 2. The van der Waals surface area contributed by atoms with E-state index in [2.05, 4.69) is 10.2 Å². The molecule has 3 aliphatic rings. The molecule has 200 valence electrons. The van der Waals surface area contributed by atoms with Gasteiger partial charge in [0.1, 0.15) is 5.54 Å². The van der Waals surface area contributed by atoms with Gasteiger partial charge in [0, 0.05) is 62.5 Å². The van der Waals surface area contributed by atoms with E-state index >= 15 is 4.79 Å². The molecule has 1 N–H and O–H groups in total. The van der Waals surface area contributed by atoms with Crippen LogP contribution in [0.25, 0.3) is 6.08 Å². The summed E-state index contributed by atoms with van der Waals surface area (Å²) >= 11 is 25.7. The molecule has 3 atom stereocenters. The zero-order valence-corrected chi connectivity index (χ0v) is 24.3. The van der Waals surface area contributed by atoms with Gasteiger partial charge in [-0.25, -0.2) is 0 Å². The molecule has 1 amide bonds. The number of ketones is 1. The number of nitrogens with one attached hydrogen (secondary N) is 1. The van der Waals surface area contributed by atoms with Gasteiger partial charge in [-0.3, -0.25) is 14.5 Å². The summed E-state index contributed by atoms with van der Waals surface area (Å²) in [4.78, 5) is 33.4. The number of fused-ring (bicyclic) bond motifs is 3. The molecule has 0 aliphatic carbocycles. The van der Waals surface area contributed by atoms with Crippen molar-refractivity contribution in [3.8, 4) is 0 Å². The Bertz CT molecular complexity index is 1570. The van der Waals surface area contributed by atoms with Crippen LogP contribution in [0.15, 0.2) is 66.2 Å². The first-order chi connectivity index (χ1) is 18.6. The van der Waals surface area contributed by atoms with Crippen molar-refractivity contribution in [1.29, 1.82) is 0 Å². The van der Waals surface area contributed by atoms with E-state index in [0.29, 0.717) is 56.5 Å². The number of anilines is 1. The monoisotopic (exact) mass is 599 g/mol. The highest BCUT2D eigenvalue weighted by Gasteiger charge is 2.74. The lowest BCUT2D eigenvalue weighted by Gasteiger charge is -2.50. The van der Waals surface area contributed by atoms with Crippen molar-refractivity contribution in [3.63, 3.8) is 0 Å². The van der Waals surface area contributed by atoms with E-state index in [4.69, 9.17) is 46.4 Å². The molecule has 0 saturated carbocycles. The first-order valence-electron chi connectivity index (χ1n) is 12.6. The Morgan fingerprint density at radius 2 is 1.62 bits per heavy atom. The zero-order valence-electron chi connectivity index (χ0n) is 21.3. The van der Waals surface area contributed by atoms with Crippen molar-refractivity contribution < 1.29 is 9.59 Å².